The molecule has 0 radical (unpaired) electrons. The number of imide groups is 1. The van der Waals surface area contributed by atoms with Crippen LogP contribution in [0.15, 0.2) is 24.3 Å². The average Bonchev–Trinajstić information content (AvgIpc) is 2.79. The largest absolute Gasteiger partial charge is 0.348 e. The monoisotopic (exact) mass is 329 g/mol. The molecule has 1 aromatic rings. The second-order valence-electron chi connectivity index (χ2n) is 6.72. The fraction of sp³-hybridized carbons (Fsp3) is 0.500. The fourth-order valence-corrected chi connectivity index (χ4v) is 3.42. The quantitative estimate of drug-likeness (QED) is 0.828. The van der Waals surface area contributed by atoms with Gasteiger partial charge < -0.3 is 10.6 Å². The van der Waals surface area contributed by atoms with Gasteiger partial charge in [0.1, 0.15) is 12.1 Å². The van der Waals surface area contributed by atoms with Gasteiger partial charge in [-0.15, -0.1) is 0 Å². The first-order valence-corrected chi connectivity index (χ1v) is 8.46. The molecule has 128 valence electrons. The average molecular weight is 329 g/mol. The smallest absolute Gasteiger partial charge is 0.325 e. The maximum absolute atomic E-state index is 12.4. The van der Waals surface area contributed by atoms with Crippen LogP contribution in [0.4, 0.5) is 4.79 Å². The molecule has 3 rings (SSSR count). The summed E-state index contributed by atoms with van der Waals surface area (Å²) in [6, 6.07) is 7.53. The molecule has 2 atom stereocenters. The van der Waals surface area contributed by atoms with Gasteiger partial charge in [-0.1, -0.05) is 31.2 Å². The number of hydrogen-bond acceptors (Lipinski definition) is 3. The van der Waals surface area contributed by atoms with Crippen molar-refractivity contribution in [3.63, 3.8) is 0 Å². The Hall–Kier alpha value is -2.37. The number of amides is 4. The second-order valence-corrected chi connectivity index (χ2v) is 6.72. The molecule has 2 N–H and O–H groups in total. The third kappa shape index (κ3) is 2.88. The van der Waals surface area contributed by atoms with Crippen LogP contribution in [-0.2, 0) is 16.0 Å². The molecule has 1 saturated heterocycles. The number of nitrogens with one attached hydrogen (secondary N) is 2. The van der Waals surface area contributed by atoms with Crippen molar-refractivity contribution < 1.29 is 14.4 Å². The molecular weight excluding hydrogens is 306 g/mol. The van der Waals surface area contributed by atoms with E-state index in [1.165, 1.54) is 5.56 Å². The molecular formula is C18H23N3O3. The summed E-state index contributed by atoms with van der Waals surface area (Å²) in [6.07, 6.45) is 3.39. The summed E-state index contributed by atoms with van der Waals surface area (Å²) in [5, 5.41) is 5.64. The van der Waals surface area contributed by atoms with E-state index in [-0.39, 0.29) is 24.4 Å². The van der Waals surface area contributed by atoms with E-state index in [2.05, 4.69) is 16.7 Å². The van der Waals surface area contributed by atoms with Gasteiger partial charge in [0.15, 0.2) is 0 Å². The summed E-state index contributed by atoms with van der Waals surface area (Å²) < 4.78 is 0. The van der Waals surface area contributed by atoms with Crippen molar-refractivity contribution in [2.45, 2.75) is 51.1 Å². The second kappa shape index (κ2) is 6.26. The molecule has 2 aliphatic rings. The van der Waals surface area contributed by atoms with Crippen LogP contribution in [-0.4, -0.2) is 34.8 Å². The van der Waals surface area contributed by atoms with Crippen molar-refractivity contribution in [3.8, 4) is 0 Å². The molecule has 2 unspecified atom stereocenters. The minimum atomic E-state index is -0.908. The SMILES string of the molecule is CCC1(C)NC(=O)N(CC(=O)NC2CCCc3ccccc32)C1=O. The Bertz CT molecular complexity index is 688. The first-order chi connectivity index (χ1) is 11.4. The van der Waals surface area contributed by atoms with Crippen molar-refractivity contribution in [2.75, 3.05) is 6.54 Å². The summed E-state index contributed by atoms with van der Waals surface area (Å²) in [7, 11) is 0. The Kier molecular flexibility index (Phi) is 4.30. The van der Waals surface area contributed by atoms with Crippen molar-refractivity contribution in [1.29, 1.82) is 0 Å². The lowest BCUT2D eigenvalue weighted by molar-refractivity contribution is -0.134. The van der Waals surface area contributed by atoms with Crippen LogP contribution < -0.4 is 10.6 Å². The highest BCUT2D eigenvalue weighted by Crippen LogP contribution is 2.29. The zero-order valence-electron chi connectivity index (χ0n) is 14.1. The maximum atomic E-state index is 12.4. The molecule has 1 heterocycles. The number of rotatable bonds is 4. The summed E-state index contributed by atoms with van der Waals surface area (Å²) in [5.41, 5.74) is 1.48. The molecule has 1 aromatic carbocycles. The predicted octanol–water partition coefficient (Wildman–Crippen LogP) is 1.90. The van der Waals surface area contributed by atoms with E-state index in [0.29, 0.717) is 6.42 Å². The Morgan fingerprint density at radius 3 is 2.83 bits per heavy atom. The Labute approximate surface area is 141 Å². The molecule has 4 amide bonds. The van der Waals surface area contributed by atoms with Crippen LogP contribution in [0.3, 0.4) is 0 Å². The topological polar surface area (TPSA) is 78.5 Å². The molecule has 0 bridgehead atoms. The molecule has 1 fully saturated rings. The number of benzene rings is 1. The van der Waals surface area contributed by atoms with Gasteiger partial charge in [0.25, 0.3) is 5.91 Å². The fourth-order valence-electron chi connectivity index (χ4n) is 3.42. The Morgan fingerprint density at radius 1 is 1.38 bits per heavy atom. The minimum absolute atomic E-state index is 0.0548. The van der Waals surface area contributed by atoms with Crippen LogP contribution in [0.2, 0.25) is 0 Å². The molecule has 1 aliphatic carbocycles. The molecule has 6 heteroatoms. The van der Waals surface area contributed by atoms with Gasteiger partial charge in [-0.05, 0) is 43.7 Å². The lowest BCUT2D eigenvalue weighted by atomic mass is 9.88. The van der Waals surface area contributed by atoms with Gasteiger partial charge in [-0.25, -0.2) is 4.79 Å². The third-order valence-electron chi connectivity index (χ3n) is 5.06. The number of nitrogens with zero attached hydrogens (tertiary/aromatic N) is 1. The van der Waals surface area contributed by atoms with Crippen molar-refractivity contribution in [2.24, 2.45) is 0 Å². The number of fused-ring (bicyclic) bond motifs is 1. The van der Waals surface area contributed by atoms with Gasteiger partial charge >= 0.3 is 6.03 Å². The summed E-state index contributed by atoms with van der Waals surface area (Å²) in [4.78, 5) is 37.7. The molecule has 1 aliphatic heterocycles. The van der Waals surface area contributed by atoms with E-state index in [1.807, 2.05) is 25.1 Å². The highest BCUT2D eigenvalue weighted by Gasteiger charge is 2.47. The van der Waals surface area contributed by atoms with Crippen LogP contribution in [0.1, 0.15) is 50.3 Å². The Morgan fingerprint density at radius 2 is 2.12 bits per heavy atom. The van der Waals surface area contributed by atoms with E-state index in [9.17, 15) is 14.4 Å². The number of carbonyl (C=O) groups excluding carboxylic acids is 3. The summed E-state index contributed by atoms with van der Waals surface area (Å²) in [6.45, 7) is 3.28. The maximum Gasteiger partial charge on any atom is 0.325 e. The van der Waals surface area contributed by atoms with Crippen molar-refractivity contribution in [3.05, 3.63) is 35.4 Å². The van der Waals surface area contributed by atoms with E-state index >= 15 is 0 Å². The first-order valence-electron chi connectivity index (χ1n) is 8.46. The predicted molar refractivity (Wildman–Crippen MR) is 89.2 cm³/mol. The van der Waals surface area contributed by atoms with E-state index < -0.39 is 11.6 Å². The number of aryl methyl sites for hydroxylation is 1. The molecule has 24 heavy (non-hydrogen) atoms. The number of carbonyl (C=O) groups is 3. The van der Waals surface area contributed by atoms with E-state index in [0.717, 1.165) is 29.7 Å². The minimum Gasteiger partial charge on any atom is -0.348 e. The van der Waals surface area contributed by atoms with E-state index in [1.54, 1.807) is 6.92 Å². The highest BCUT2D eigenvalue weighted by molar-refractivity contribution is 6.08. The number of hydrogen-bond donors (Lipinski definition) is 2. The van der Waals surface area contributed by atoms with Gasteiger partial charge in [-0.3, -0.25) is 14.5 Å². The lowest BCUT2D eigenvalue weighted by Crippen LogP contribution is -2.45. The van der Waals surface area contributed by atoms with Crippen molar-refractivity contribution in [1.82, 2.24) is 15.5 Å². The molecule has 6 nitrogen and oxygen atoms in total. The zero-order chi connectivity index (χ0) is 17.3. The summed E-state index contributed by atoms with van der Waals surface area (Å²) >= 11 is 0. The molecule has 0 spiro atoms. The Balaban J connectivity index is 1.67. The van der Waals surface area contributed by atoms with Gasteiger partial charge in [0, 0.05) is 0 Å². The number of urea groups is 1. The molecule has 0 saturated carbocycles. The standard InChI is InChI=1S/C18H23N3O3/c1-3-18(2)16(23)21(17(24)20-18)11-15(22)19-14-10-6-8-12-7-4-5-9-13(12)14/h4-5,7,9,14H,3,6,8,10-11H2,1-2H3,(H,19,22)(H,20,24). The molecule has 0 aromatic heterocycles. The highest BCUT2D eigenvalue weighted by atomic mass is 16.2. The van der Waals surface area contributed by atoms with Gasteiger partial charge in [0.2, 0.25) is 5.91 Å². The van der Waals surface area contributed by atoms with Crippen LogP contribution >= 0.6 is 0 Å². The van der Waals surface area contributed by atoms with Crippen LogP contribution in [0.5, 0.6) is 0 Å². The lowest BCUT2D eigenvalue weighted by Gasteiger charge is -2.27. The van der Waals surface area contributed by atoms with Crippen molar-refractivity contribution >= 4 is 17.8 Å². The first kappa shape index (κ1) is 16.5. The third-order valence-corrected chi connectivity index (χ3v) is 5.06. The van der Waals surface area contributed by atoms with E-state index in [4.69, 9.17) is 0 Å². The zero-order valence-corrected chi connectivity index (χ0v) is 14.1. The van der Waals surface area contributed by atoms with Crippen LogP contribution in [0.25, 0.3) is 0 Å². The van der Waals surface area contributed by atoms with Gasteiger partial charge in [-0.2, -0.15) is 0 Å². The summed E-state index contributed by atoms with van der Waals surface area (Å²) in [5.74, 6) is -0.644. The van der Waals surface area contributed by atoms with Gasteiger partial charge in [0.05, 0.1) is 6.04 Å². The normalized spacial score (nSPS) is 26.1. The van der Waals surface area contributed by atoms with Crippen LogP contribution in [0, 0.1) is 0 Å².